The number of nitrogens with zero attached hydrogens (tertiary/aromatic N) is 2. The van der Waals surface area contributed by atoms with E-state index in [1.165, 1.54) is 6.20 Å². The predicted molar refractivity (Wildman–Crippen MR) is 58.7 cm³/mol. The van der Waals surface area contributed by atoms with Gasteiger partial charge in [0.2, 0.25) is 5.88 Å². The Hall–Kier alpha value is -1.65. The summed E-state index contributed by atoms with van der Waals surface area (Å²) in [5.41, 5.74) is 0.938. The molecule has 0 unspecified atom stereocenters. The van der Waals surface area contributed by atoms with Gasteiger partial charge in [-0.1, -0.05) is 6.92 Å². The molecule has 0 radical (unpaired) electrons. The van der Waals surface area contributed by atoms with Crippen molar-refractivity contribution in [3.63, 3.8) is 0 Å². The highest BCUT2D eigenvalue weighted by Crippen LogP contribution is 2.44. The maximum Gasteiger partial charge on any atom is 0.288 e. The van der Waals surface area contributed by atoms with Crippen LogP contribution in [0.2, 0.25) is 0 Å². The van der Waals surface area contributed by atoms with Crippen LogP contribution in [0.4, 0.5) is 5.69 Å². The van der Waals surface area contributed by atoms with E-state index in [0.717, 1.165) is 24.8 Å². The fraction of sp³-hybridized carbons (Fsp3) is 0.545. The van der Waals surface area contributed by atoms with Crippen LogP contribution in [0.1, 0.15) is 37.7 Å². The van der Waals surface area contributed by atoms with Gasteiger partial charge in [0, 0.05) is 11.6 Å². The van der Waals surface area contributed by atoms with Crippen molar-refractivity contribution in [3.05, 3.63) is 27.9 Å². The summed E-state index contributed by atoms with van der Waals surface area (Å²) in [7, 11) is 0. The molecule has 0 N–H and O–H groups in total. The van der Waals surface area contributed by atoms with Crippen molar-refractivity contribution < 1.29 is 9.66 Å². The average molecular weight is 222 g/mol. The molecular weight excluding hydrogens is 208 g/mol. The summed E-state index contributed by atoms with van der Waals surface area (Å²) in [5, 5.41) is 10.6. The highest BCUT2D eigenvalue weighted by atomic mass is 16.6. The smallest absolute Gasteiger partial charge is 0.288 e. The molecule has 1 aromatic heterocycles. The summed E-state index contributed by atoms with van der Waals surface area (Å²) in [6, 6.07) is 1.59. The maximum absolute atomic E-state index is 10.6. The Kier molecular flexibility index (Phi) is 3.03. The van der Waals surface area contributed by atoms with Crippen LogP contribution in [0.5, 0.6) is 5.88 Å². The van der Waals surface area contributed by atoms with E-state index in [1.54, 1.807) is 6.07 Å². The maximum atomic E-state index is 10.6. The third-order valence-corrected chi connectivity index (χ3v) is 2.54. The molecule has 1 fully saturated rings. The Balaban J connectivity index is 2.26. The molecule has 0 amide bonds. The van der Waals surface area contributed by atoms with Gasteiger partial charge < -0.3 is 4.74 Å². The molecule has 1 aromatic rings. The molecule has 5 heteroatoms. The number of pyridine rings is 1. The van der Waals surface area contributed by atoms with E-state index in [-0.39, 0.29) is 5.69 Å². The zero-order valence-corrected chi connectivity index (χ0v) is 9.18. The number of ether oxygens (including phenoxy) is 1. The lowest BCUT2D eigenvalue weighted by atomic mass is 10.1. The Morgan fingerprint density at radius 3 is 2.94 bits per heavy atom. The van der Waals surface area contributed by atoms with Crippen LogP contribution in [0.15, 0.2) is 12.3 Å². The molecule has 1 aliphatic rings. The summed E-state index contributed by atoms with van der Waals surface area (Å²) in [4.78, 5) is 14.3. The monoisotopic (exact) mass is 222 g/mol. The van der Waals surface area contributed by atoms with Crippen LogP contribution in [0, 0.1) is 10.1 Å². The summed E-state index contributed by atoms with van der Waals surface area (Å²) < 4.78 is 5.49. The molecule has 0 spiro atoms. The third-order valence-electron chi connectivity index (χ3n) is 2.54. The molecule has 0 aliphatic heterocycles. The van der Waals surface area contributed by atoms with Crippen LogP contribution in [0.3, 0.4) is 0 Å². The molecule has 1 aliphatic carbocycles. The highest BCUT2D eigenvalue weighted by Gasteiger charge is 2.29. The zero-order valence-electron chi connectivity index (χ0n) is 9.18. The molecule has 0 atom stereocenters. The number of hydrogen-bond donors (Lipinski definition) is 0. The molecular formula is C11H14N2O3. The normalized spacial score (nSPS) is 14.8. The SMILES string of the molecule is CCCOc1ncc([N+](=O)[O-])cc1C1CC1. The molecule has 16 heavy (non-hydrogen) atoms. The molecule has 2 rings (SSSR count). The van der Waals surface area contributed by atoms with E-state index in [0.29, 0.717) is 18.4 Å². The second-order valence-electron chi connectivity index (χ2n) is 3.97. The van der Waals surface area contributed by atoms with Crippen molar-refractivity contribution in [3.8, 4) is 5.88 Å². The van der Waals surface area contributed by atoms with Crippen LogP contribution in [0.25, 0.3) is 0 Å². The van der Waals surface area contributed by atoms with Gasteiger partial charge in [-0.25, -0.2) is 4.98 Å². The lowest BCUT2D eigenvalue weighted by Crippen LogP contribution is -2.02. The van der Waals surface area contributed by atoms with Gasteiger partial charge >= 0.3 is 0 Å². The first kappa shape index (κ1) is 10.9. The molecule has 1 heterocycles. The van der Waals surface area contributed by atoms with Gasteiger partial charge in [0.25, 0.3) is 5.69 Å². The van der Waals surface area contributed by atoms with E-state index in [2.05, 4.69) is 4.98 Å². The van der Waals surface area contributed by atoms with Gasteiger partial charge in [-0.3, -0.25) is 10.1 Å². The first-order chi connectivity index (χ1) is 7.72. The largest absolute Gasteiger partial charge is 0.477 e. The third kappa shape index (κ3) is 2.29. The van der Waals surface area contributed by atoms with Gasteiger partial charge in [-0.2, -0.15) is 0 Å². The van der Waals surface area contributed by atoms with Gasteiger partial charge in [0.15, 0.2) is 0 Å². The van der Waals surface area contributed by atoms with Crippen molar-refractivity contribution in [1.82, 2.24) is 4.98 Å². The summed E-state index contributed by atoms with van der Waals surface area (Å²) in [6.45, 7) is 2.62. The van der Waals surface area contributed by atoms with Crippen LogP contribution >= 0.6 is 0 Å². The molecule has 1 saturated carbocycles. The topological polar surface area (TPSA) is 65.3 Å². The Morgan fingerprint density at radius 2 is 2.38 bits per heavy atom. The highest BCUT2D eigenvalue weighted by molar-refractivity contribution is 5.41. The molecule has 0 saturated heterocycles. The van der Waals surface area contributed by atoms with Crippen molar-refractivity contribution in [2.24, 2.45) is 0 Å². The first-order valence-corrected chi connectivity index (χ1v) is 5.49. The predicted octanol–water partition coefficient (Wildman–Crippen LogP) is 2.66. The first-order valence-electron chi connectivity index (χ1n) is 5.49. The number of nitro groups is 1. The lowest BCUT2D eigenvalue weighted by molar-refractivity contribution is -0.385. The second-order valence-corrected chi connectivity index (χ2v) is 3.97. The molecule has 0 aromatic carbocycles. The van der Waals surface area contributed by atoms with E-state index in [4.69, 9.17) is 4.74 Å². The minimum Gasteiger partial charge on any atom is -0.477 e. The van der Waals surface area contributed by atoms with Gasteiger partial charge in [0.1, 0.15) is 6.20 Å². The van der Waals surface area contributed by atoms with Crippen LogP contribution < -0.4 is 4.74 Å². The van der Waals surface area contributed by atoms with E-state index in [1.807, 2.05) is 6.92 Å². The van der Waals surface area contributed by atoms with Crippen molar-refractivity contribution in [2.45, 2.75) is 32.1 Å². The average Bonchev–Trinajstić information content (AvgIpc) is 3.09. The number of aromatic nitrogens is 1. The minimum atomic E-state index is -0.414. The van der Waals surface area contributed by atoms with Crippen molar-refractivity contribution >= 4 is 5.69 Å². The molecule has 86 valence electrons. The van der Waals surface area contributed by atoms with Crippen LogP contribution in [-0.4, -0.2) is 16.5 Å². The van der Waals surface area contributed by atoms with E-state index in [9.17, 15) is 10.1 Å². The number of hydrogen-bond acceptors (Lipinski definition) is 4. The quantitative estimate of drug-likeness (QED) is 0.567. The summed E-state index contributed by atoms with van der Waals surface area (Å²) in [5.74, 6) is 0.967. The van der Waals surface area contributed by atoms with E-state index < -0.39 is 4.92 Å². The minimum absolute atomic E-state index is 0.0470. The standard InChI is InChI=1S/C11H14N2O3/c1-2-5-16-11-10(8-3-4-8)6-9(7-12-11)13(14)15/h6-8H,2-5H2,1H3. The fourth-order valence-electron chi connectivity index (χ4n) is 1.56. The van der Waals surface area contributed by atoms with E-state index >= 15 is 0 Å². The molecule has 5 nitrogen and oxygen atoms in total. The Morgan fingerprint density at radius 1 is 1.62 bits per heavy atom. The van der Waals surface area contributed by atoms with Gasteiger partial charge in [-0.05, 0) is 25.2 Å². The van der Waals surface area contributed by atoms with Crippen molar-refractivity contribution in [1.29, 1.82) is 0 Å². The second kappa shape index (κ2) is 4.47. The Labute approximate surface area is 93.6 Å². The summed E-state index contributed by atoms with van der Waals surface area (Å²) >= 11 is 0. The Bertz CT molecular complexity index is 402. The van der Waals surface area contributed by atoms with Gasteiger partial charge in [-0.15, -0.1) is 0 Å². The summed E-state index contributed by atoms with van der Waals surface area (Å²) in [6.07, 6.45) is 4.32. The van der Waals surface area contributed by atoms with Gasteiger partial charge in [0.05, 0.1) is 11.5 Å². The van der Waals surface area contributed by atoms with Crippen molar-refractivity contribution in [2.75, 3.05) is 6.61 Å². The fourth-order valence-corrected chi connectivity index (χ4v) is 1.56. The number of rotatable bonds is 5. The van der Waals surface area contributed by atoms with Crippen LogP contribution in [-0.2, 0) is 0 Å². The molecule has 0 bridgehead atoms. The zero-order chi connectivity index (χ0) is 11.5. The lowest BCUT2D eigenvalue weighted by Gasteiger charge is -2.08.